The second kappa shape index (κ2) is 10.3. The number of aryl methyl sites for hydroxylation is 1. The van der Waals surface area contributed by atoms with Crippen molar-refractivity contribution >= 4 is 17.4 Å². The zero-order valence-corrected chi connectivity index (χ0v) is 18.5. The fourth-order valence-corrected chi connectivity index (χ4v) is 3.64. The highest BCUT2D eigenvalue weighted by Gasteiger charge is 2.30. The molecule has 1 aromatic heterocycles. The van der Waals surface area contributed by atoms with E-state index in [2.05, 4.69) is 10.3 Å². The molecule has 0 aliphatic heterocycles. The van der Waals surface area contributed by atoms with E-state index in [0.717, 1.165) is 17.8 Å². The molecule has 0 bridgehead atoms. The van der Waals surface area contributed by atoms with Gasteiger partial charge >= 0.3 is 6.18 Å². The Morgan fingerprint density at radius 3 is 2.14 bits per heavy atom. The maximum Gasteiger partial charge on any atom is 0.416 e. The third-order valence-corrected chi connectivity index (χ3v) is 5.49. The van der Waals surface area contributed by atoms with Crippen molar-refractivity contribution in [1.82, 2.24) is 4.98 Å². The lowest BCUT2D eigenvalue weighted by Gasteiger charge is -2.12. The van der Waals surface area contributed by atoms with Gasteiger partial charge in [0.05, 0.1) is 5.56 Å². The van der Waals surface area contributed by atoms with E-state index in [4.69, 9.17) is 0 Å². The number of nitrogens with zero attached hydrogens (tertiary/aromatic N) is 1. The molecule has 4 rings (SSSR count). The van der Waals surface area contributed by atoms with Crippen LogP contribution in [0.4, 0.5) is 18.9 Å². The summed E-state index contributed by atoms with van der Waals surface area (Å²) >= 11 is 0. The molecule has 7 heteroatoms. The number of hydrogen-bond donors (Lipinski definition) is 1. The van der Waals surface area contributed by atoms with Crippen LogP contribution in [-0.4, -0.2) is 16.7 Å². The summed E-state index contributed by atoms with van der Waals surface area (Å²) < 4.78 is 38.6. The van der Waals surface area contributed by atoms with Crippen molar-refractivity contribution in [2.75, 3.05) is 5.32 Å². The number of Topliss-reactive ketones (excluding diaryl/α,β-unsaturated/α-hetero) is 1. The molecule has 1 N–H and O–H groups in total. The zero-order chi connectivity index (χ0) is 24.8. The Labute approximate surface area is 200 Å². The molecule has 0 saturated heterocycles. The van der Waals surface area contributed by atoms with Crippen LogP contribution in [0.25, 0.3) is 11.1 Å². The van der Waals surface area contributed by atoms with Gasteiger partial charge in [-0.3, -0.25) is 14.6 Å². The Bertz CT molecular complexity index is 1320. The largest absolute Gasteiger partial charge is 0.416 e. The quantitative estimate of drug-likeness (QED) is 0.299. The number of alkyl halides is 3. The zero-order valence-electron chi connectivity index (χ0n) is 18.5. The molecule has 0 radical (unpaired) electrons. The summed E-state index contributed by atoms with van der Waals surface area (Å²) in [6, 6.07) is 23.5. The lowest BCUT2D eigenvalue weighted by atomic mass is 9.98. The molecule has 4 nitrogen and oxygen atoms in total. The van der Waals surface area contributed by atoms with Crippen LogP contribution in [0.5, 0.6) is 0 Å². The first-order valence-electron chi connectivity index (χ1n) is 10.9. The van der Waals surface area contributed by atoms with Gasteiger partial charge in [0.25, 0.3) is 5.91 Å². The Balaban J connectivity index is 1.44. The summed E-state index contributed by atoms with van der Waals surface area (Å²) in [5, 5.41) is 2.79. The maximum atomic E-state index is 12.9. The van der Waals surface area contributed by atoms with E-state index in [1.54, 1.807) is 54.7 Å². The van der Waals surface area contributed by atoms with Crippen LogP contribution in [0.2, 0.25) is 0 Å². The van der Waals surface area contributed by atoms with Crippen molar-refractivity contribution in [2.45, 2.75) is 19.0 Å². The first-order chi connectivity index (χ1) is 16.8. The number of ketones is 1. The number of amides is 1. The number of carbonyl (C=O) groups excluding carboxylic acids is 2. The average molecular weight is 474 g/mol. The Morgan fingerprint density at radius 1 is 0.800 bits per heavy atom. The molecule has 0 spiro atoms. The van der Waals surface area contributed by atoms with E-state index < -0.39 is 17.6 Å². The van der Waals surface area contributed by atoms with Crippen LogP contribution in [0.1, 0.15) is 38.4 Å². The molecular formula is C28H21F3N2O2. The van der Waals surface area contributed by atoms with Crippen LogP contribution < -0.4 is 5.32 Å². The Kier molecular flexibility index (Phi) is 7.06. The second-order valence-electron chi connectivity index (χ2n) is 7.90. The number of halogens is 3. The van der Waals surface area contributed by atoms with Gasteiger partial charge in [-0.15, -0.1) is 0 Å². The highest BCUT2D eigenvalue weighted by molar-refractivity contribution is 6.09. The van der Waals surface area contributed by atoms with Crippen molar-refractivity contribution in [1.29, 1.82) is 0 Å². The number of rotatable bonds is 7. The fourth-order valence-electron chi connectivity index (χ4n) is 3.64. The molecule has 0 aliphatic rings. The standard InChI is InChI=1S/C28H21F3N2O2/c29-28(30,31)21-12-8-19(9-13-21)24-6-1-2-7-25(24)27(35)33-23-14-10-20(11-15-23)26(34)17-16-22-5-3-4-18-32-22/h1-15,18H,16-17H2,(H,33,35). The molecule has 4 aromatic rings. The highest BCUT2D eigenvalue weighted by Crippen LogP contribution is 2.32. The number of hydrogen-bond acceptors (Lipinski definition) is 3. The molecule has 176 valence electrons. The minimum Gasteiger partial charge on any atom is -0.322 e. The number of anilines is 1. The first kappa shape index (κ1) is 23.9. The summed E-state index contributed by atoms with van der Waals surface area (Å²) in [5.74, 6) is -0.434. The highest BCUT2D eigenvalue weighted by atomic mass is 19.4. The van der Waals surface area contributed by atoms with Crippen molar-refractivity contribution < 1.29 is 22.8 Å². The van der Waals surface area contributed by atoms with Crippen molar-refractivity contribution in [3.8, 4) is 11.1 Å². The van der Waals surface area contributed by atoms with Crippen LogP contribution in [0.3, 0.4) is 0 Å². The predicted octanol–water partition coefficient (Wildman–Crippen LogP) is 6.84. The van der Waals surface area contributed by atoms with Crippen molar-refractivity contribution in [2.24, 2.45) is 0 Å². The van der Waals surface area contributed by atoms with Crippen LogP contribution >= 0.6 is 0 Å². The molecule has 0 saturated carbocycles. The summed E-state index contributed by atoms with van der Waals surface area (Å²) in [6.07, 6.45) is -1.88. The van der Waals surface area contributed by atoms with Crippen molar-refractivity contribution in [3.05, 3.63) is 120 Å². The predicted molar refractivity (Wildman–Crippen MR) is 128 cm³/mol. The number of aromatic nitrogens is 1. The molecular weight excluding hydrogens is 453 g/mol. The lowest BCUT2D eigenvalue weighted by molar-refractivity contribution is -0.137. The van der Waals surface area contributed by atoms with Crippen LogP contribution in [-0.2, 0) is 12.6 Å². The van der Waals surface area contributed by atoms with Crippen molar-refractivity contribution in [3.63, 3.8) is 0 Å². The molecule has 3 aromatic carbocycles. The topological polar surface area (TPSA) is 59.1 Å². The van der Waals surface area contributed by atoms with E-state index in [0.29, 0.717) is 40.8 Å². The molecule has 1 heterocycles. The fraction of sp³-hybridized carbons (Fsp3) is 0.107. The number of benzene rings is 3. The normalized spacial score (nSPS) is 11.2. The average Bonchev–Trinajstić information content (AvgIpc) is 2.88. The van der Waals surface area contributed by atoms with Gasteiger partial charge in [0.1, 0.15) is 0 Å². The van der Waals surface area contributed by atoms with Gasteiger partial charge < -0.3 is 5.32 Å². The maximum absolute atomic E-state index is 12.9. The monoisotopic (exact) mass is 474 g/mol. The number of pyridine rings is 1. The minimum atomic E-state index is -4.43. The molecule has 1 amide bonds. The summed E-state index contributed by atoms with van der Waals surface area (Å²) in [7, 11) is 0. The summed E-state index contributed by atoms with van der Waals surface area (Å²) in [6.45, 7) is 0. The number of nitrogens with one attached hydrogen (secondary N) is 1. The lowest BCUT2D eigenvalue weighted by Crippen LogP contribution is -2.13. The van der Waals surface area contributed by atoms with E-state index in [9.17, 15) is 22.8 Å². The second-order valence-corrected chi connectivity index (χ2v) is 7.90. The third-order valence-electron chi connectivity index (χ3n) is 5.49. The smallest absolute Gasteiger partial charge is 0.322 e. The van der Waals surface area contributed by atoms with Gasteiger partial charge in [-0.2, -0.15) is 13.2 Å². The van der Waals surface area contributed by atoms with Crippen LogP contribution in [0.15, 0.2) is 97.2 Å². The summed E-state index contributed by atoms with van der Waals surface area (Å²) in [4.78, 5) is 29.6. The minimum absolute atomic E-state index is 0.0267. The van der Waals surface area contributed by atoms with E-state index in [1.807, 2.05) is 18.2 Å². The summed E-state index contributed by atoms with van der Waals surface area (Å²) in [5.41, 5.74) is 2.46. The molecule has 0 fully saturated rings. The molecule has 0 aliphatic carbocycles. The van der Waals surface area contributed by atoms with Gasteiger partial charge in [-0.1, -0.05) is 36.4 Å². The van der Waals surface area contributed by atoms with E-state index in [1.165, 1.54) is 12.1 Å². The third kappa shape index (κ3) is 6.00. The van der Waals surface area contributed by atoms with Gasteiger partial charge in [0.2, 0.25) is 0 Å². The van der Waals surface area contributed by atoms with Gasteiger partial charge in [-0.25, -0.2) is 0 Å². The molecule has 35 heavy (non-hydrogen) atoms. The Hall–Kier alpha value is -4.26. The Morgan fingerprint density at radius 2 is 1.49 bits per heavy atom. The molecule has 0 unspecified atom stereocenters. The van der Waals surface area contributed by atoms with Gasteiger partial charge in [0, 0.05) is 35.1 Å². The first-order valence-corrected chi connectivity index (χ1v) is 10.9. The van der Waals surface area contributed by atoms with E-state index in [-0.39, 0.29) is 5.78 Å². The number of carbonyl (C=O) groups is 2. The van der Waals surface area contributed by atoms with E-state index >= 15 is 0 Å². The van der Waals surface area contributed by atoms with Crippen LogP contribution in [0, 0.1) is 0 Å². The molecule has 0 atom stereocenters. The SMILES string of the molecule is O=C(CCc1ccccn1)c1ccc(NC(=O)c2ccccc2-c2ccc(C(F)(F)F)cc2)cc1. The van der Waals surface area contributed by atoms with Gasteiger partial charge in [-0.05, 0) is 72.1 Å². The van der Waals surface area contributed by atoms with Gasteiger partial charge in [0.15, 0.2) is 5.78 Å².